The fourth-order valence-corrected chi connectivity index (χ4v) is 4.18. The molecule has 158 valence electrons. The first-order valence-electron chi connectivity index (χ1n) is 10.3. The van der Waals surface area contributed by atoms with Gasteiger partial charge in [-0.2, -0.15) is 0 Å². The first-order valence-corrected chi connectivity index (χ1v) is 10.3. The number of halogens is 1. The monoisotopic (exact) mass is 427 g/mol. The average Bonchev–Trinajstić information content (AvgIpc) is 3.06. The molecule has 6 nitrogen and oxygen atoms in total. The summed E-state index contributed by atoms with van der Waals surface area (Å²) >= 11 is 0. The van der Waals surface area contributed by atoms with Crippen LogP contribution in [0.4, 0.5) is 4.39 Å². The van der Waals surface area contributed by atoms with E-state index in [9.17, 15) is 18.8 Å². The molecule has 0 N–H and O–H groups in total. The average molecular weight is 427 g/mol. The quantitative estimate of drug-likeness (QED) is 0.456. The lowest BCUT2D eigenvalue weighted by Crippen LogP contribution is -2.38. The summed E-state index contributed by atoms with van der Waals surface area (Å²) in [5.41, 5.74) is 1.16. The van der Waals surface area contributed by atoms with Crippen molar-refractivity contribution in [1.82, 2.24) is 14.5 Å². The van der Waals surface area contributed by atoms with Gasteiger partial charge in [-0.25, -0.2) is 9.37 Å². The number of fused-ring (bicyclic) bond motifs is 2. The summed E-state index contributed by atoms with van der Waals surface area (Å²) in [6, 6.07) is 18.2. The van der Waals surface area contributed by atoms with Gasteiger partial charge in [-0.3, -0.25) is 23.9 Å². The van der Waals surface area contributed by atoms with Gasteiger partial charge in [-0.1, -0.05) is 31.2 Å². The number of nitrogens with zero attached hydrogens (tertiary/aromatic N) is 3. The zero-order valence-corrected chi connectivity index (χ0v) is 17.2. The minimum atomic E-state index is -0.787. The maximum atomic E-state index is 13.6. The van der Waals surface area contributed by atoms with Crippen molar-refractivity contribution in [3.8, 4) is 5.69 Å². The minimum absolute atomic E-state index is 0.248. The highest BCUT2D eigenvalue weighted by molar-refractivity contribution is 6.21. The second-order valence-electron chi connectivity index (χ2n) is 7.55. The Morgan fingerprint density at radius 3 is 2.06 bits per heavy atom. The molecular weight excluding hydrogens is 409 g/mol. The Hall–Kier alpha value is -4.13. The van der Waals surface area contributed by atoms with E-state index in [0.717, 1.165) is 0 Å². The first-order chi connectivity index (χ1) is 15.5. The molecule has 1 aromatic heterocycles. The molecule has 3 aromatic carbocycles. The summed E-state index contributed by atoms with van der Waals surface area (Å²) in [7, 11) is 0. The first kappa shape index (κ1) is 19.8. The maximum absolute atomic E-state index is 13.6. The third kappa shape index (κ3) is 2.93. The van der Waals surface area contributed by atoms with Crippen LogP contribution in [-0.2, 0) is 0 Å². The molecule has 5 rings (SSSR count). The summed E-state index contributed by atoms with van der Waals surface area (Å²) < 4.78 is 14.9. The summed E-state index contributed by atoms with van der Waals surface area (Å²) in [4.78, 5) is 45.7. The molecule has 2 heterocycles. The summed E-state index contributed by atoms with van der Waals surface area (Å²) in [5.74, 6) is -1.04. The molecule has 7 heteroatoms. The molecule has 0 unspecified atom stereocenters. The Morgan fingerprint density at radius 1 is 0.844 bits per heavy atom. The zero-order chi connectivity index (χ0) is 22.4. The van der Waals surface area contributed by atoms with Crippen molar-refractivity contribution in [1.29, 1.82) is 0 Å². The lowest BCUT2D eigenvalue weighted by molar-refractivity contribution is 0.0568. The molecule has 0 bridgehead atoms. The number of aromatic nitrogens is 2. The van der Waals surface area contributed by atoms with Crippen LogP contribution in [0.5, 0.6) is 0 Å². The third-order valence-corrected chi connectivity index (χ3v) is 5.71. The van der Waals surface area contributed by atoms with Crippen LogP contribution in [-0.4, -0.2) is 26.3 Å². The third-order valence-electron chi connectivity index (χ3n) is 5.71. The lowest BCUT2D eigenvalue weighted by atomic mass is 10.1. The van der Waals surface area contributed by atoms with E-state index in [2.05, 4.69) is 0 Å². The van der Waals surface area contributed by atoms with Gasteiger partial charge in [0.15, 0.2) is 0 Å². The van der Waals surface area contributed by atoms with Crippen LogP contribution >= 0.6 is 0 Å². The van der Waals surface area contributed by atoms with Gasteiger partial charge in [0.1, 0.15) is 11.6 Å². The largest absolute Gasteiger partial charge is 0.269 e. The highest BCUT2D eigenvalue weighted by atomic mass is 19.1. The predicted molar refractivity (Wildman–Crippen MR) is 117 cm³/mol. The molecule has 1 aliphatic rings. The van der Waals surface area contributed by atoms with E-state index in [1.807, 2.05) is 6.92 Å². The van der Waals surface area contributed by atoms with Gasteiger partial charge in [-0.05, 0) is 55.0 Å². The molecule has 4 aromatic rings. The van der Waals surface area contributed by atoms with Crippen molar-refractivity contribution in [3.05, 3.63) is 106 Å². The summed E-state index contributed by atoms with van der Waals surface area (Å²) in [6.07, 6.45) is 0.345. The Kier molecular flexibility index (Phi) is 4.66. The molecule has 0 spiro atoms. The smallest absolute Gasteiger partial charge is 0.266 e. The summed E-state index contributed by atoms with van der Waals surface area (Å²) in [5, 5.41) is 0.387. The molecule has 1 aliphatic heterocycles. The molecule has 32 heavy (non-hydrogen) atoms. The highest BCUT2D eigenvalue weighted by Crippen LogP contribution is 2.33. The number of hydrogen-bond acceptors (Lipinski definition) is 4. The van der Waals surface area contributed by atoms with Gasteiger partial charge in [0.2, 0.25) is 0 Å². The standard InChI is InChI=1S/C25H18FN3O3/c1-2-21(29-23(30)17-7-3-4-8-18(17)24(29)31)22-27-20-10-6-5-9-19(20)25(32)28(22)16-13-11-15(26)12-14-16/h3-14,21H,2H2,1H3/t21-/m0/s1. The van der Waals surface area contributed by atoms with Crippen molar-refractivity contribution >= 4 is 22.7 Å². The van der Waals surface area contributed by atoms with Gasteiger partial charge >= 0.3 is 0 Å². The highest BCUT2D eigenvalue weighted by Gasteiger charge is 2.41. The molecular formula is C25H18FN3O3. The fourth-order valence-electron chi connectivity index (χ4n) is 4.18. The Morgan fingerprint density at radius 2 is 1.44 bits per heavy atom. The van der Waals surface area contributed by atoms with Gasteiger partial charge in [0.05, 0.1) is 33.8 Å². The summed E-state index contributed by atoms with van der Waals surface area (Å²) in [6.45, 7) is 1.82. The molecule has 2 amide bonds. The van der Waals surface area contributed by atoms with Crippen LogP contribution < -0.4 is 5.56 Å². The Balaban J connectivity index is 1.76. The second kappa shape index (κ2) is 7.53. The van der Waals surface area contributed by atoms with E-state index in [1.54, 1.807) is 48.5 Å². The van der Waals surface area contributed by atoms with Crippen LogP contribution in [0.15, 0.2) is 77.6 Å². The number of benzene rings is 3. The van der Waals surface area contributed by atoms with E-state index < -0.39 is 23.7 Å². The van der Waals surface area contributed by atoms with Crippen molar-refractivity contribution in [2.45, 2.75) is 19.4 Å². The normalized spacial score (nSPS) is 14.1. The van der Waals surface area contributed by atoms with Gasteiger partial charge in [0.25, 0.3) is 17.4 Å². The number of hydrogen-bond donors (Lipinski definition) is 0. The zero-order valence-electron chi connectivity index (χ0n) is 17.2. The number of carbonyl (C=O) groups excluding carboxylic acids is 2. The van der Waals surface area contributed by atoms with Crippen molar-refractivity contribution in [3.63, 3.8) is 0 Å². The number of carbonyl (C=O) groups is 2. The topological polar surface area (TPSA) is 72.3 Å². The van der Waals surface area contributed by atoms with E-state index in [-0.39, 0.29) is 11.4 Å². The molecule has 1 atom stereocenters. The fraction of sp³-hybridized carbons (Fsp3) is 0.120. The minimum Gasteiger partial charge on any atom is -0.269 e. The number of rotatable bonds is 4. The van der Waals surface area contributed by atoms with E-state index >= 15 is 0 Å². The van der Waals surface area contributed by atoms with Crippen molar-refractivity contribution in [2.24, 2.45) is 0 Å². The molecule has 0 saturated carbocycles. The Labute approximate surface area is 182 Å². The molecule has 0 fully saturated rings. The van der Waals surface area contributed by atoms with Gasteiger partial charge in [0, 0.05) is 0 Å². The van der Waals surface area contributed by atoms with Crippen molar-refractivity contribution < 1.29 is 14.0 Å². The second-order valence-corrected chi connectivity index (χ2v) is 7.55. The van der Waals surface area contributed by atoms with Gasteiger partial charge < -0.3 is 0 Å². The maximum Gasteiger partial charge on any atom is 0.266 e. The number of amides is 2. The Bertz CT molecular complexity index is 1410. The van der Waals surface area contributed by atoms with Gasteiger partial charge in [-0.15, -0.1) is 0 Å². The number of imide groups is 1. The van der Waals surface area contributed by atoms with Crippen LogP contribution in [0.25, 0.3) is 16.6 Å². The molecule has 0 radical (unpaired) electrons. The molecule has 0 saturated heterocycles. The van der Waals surface area contributed by atoms with Crippen LogP contribution in [0.3, 0.4) is 0 Å². The van der Waals surface area contributed by atoms with E-state index in [0.29, 0.717) is 34.1 Å². The molecule has 0 aliphatic carbocycles. The van der Waals surface area contributed by atoms with Crippen LogP contribution in [0.1, 0.15) is 45.9 Å². The van der Waals surface area contributed by atoms with E-state index in [1.165, 1.54) is 33.7 Å². The van der Waals surface area contributed by atoms with Crippen LogP contribution in [0.2, 0.25) is 0 Å². The number of para-hydroxylation sites is 1. The van der Waals surface area contributed by atoms with E-state index in [4.69, 9.17) is 4.98 Å². The van der Waals surface area contributed by atoms with Crippen LogP contribution in [0, 0.1) is 5.82 Å². The predicted octanol–water partition coefficient (Wildman–Crippen LogP) is 4.27. The SMILES string of the molecule is CC[C@@H](c1nc2ccccc2c(=O)n1-c1ccc(F)cc1)N1C(=O)c2ccccc2C1=O. The van der Waals surface area contributed by atoms with Crippen molar-refractivity contribution in [2.75, 3.05) is 0 Å². The lowest BCUT2D eigenvalue weighted by Gasteiger charge is -2.27.